The van der Waals surface area contributed by atoms with Gasteiger partial charge in [-0.1, -0.05) is 12.1 Å². The zero-order valence-corrected chi connectivity index (χ0v) is 9.71. The lowest BCUT2D eigenvalue weighted by molar-refractivity contribution is -0.143. The molecular formula is C10H5F6NOS. The Labute approximate surface area is 105 Å². The van der Waals surface area contributed by atoms with Gasteiger partial charge in [0.2, 0.25) is 0 Å². The van der Waals surface area contributed by atoms with E-state index in [-0.39, 0.29) is 10.9 Å². The van der Waals surface area contributed by atoms with Crippen molar-refractivity contribution in [2.75, 3.05) is 0 Å². The number of benzene rings is 1. The molecule has 2 rings (SSSR count). The molecular weight excluding hydrogens is 296 g/mol. The molecule has 1 unspecified atom stereocenters. The highest BCUT2D eigenvalue weighted by Gasteiger charge is 2.52. The van der Waals surface area contributed by atoms with Gasteiger partial charge in [0, 0.05) is 0 Å². The maximum Gasteiger partial charge on any atom is 0.578 e. The van der Waals surface area contributed by atoms with Crippen LogP contribution in [0.15, 0.2) is 29.2 Å². The number of alkyl halides is 6. The highest BCUT2D eigenvalue weighted by Crippen LogP contribution is 2.42. The van der Waals surface area contributed by atoms with Crippen LogP contribution in [-0.2, 0) is 17.4 Å². The molecule has 1 aromatic carbocycles. The third kappa shape index (κ3) is 2.52. The zero-order chi connectivity index (χ0) is 14.4. The van der Waals surface area contributed by atoms with Crippen LogP contribution >= 0.6 is 0 Å². The van der Waals surface area contributed by atoms with Gasteiger partial charge < -0.3 is 9.54 Å². The third-order valence-corrected chi connectivity index (χ3v) is 3.55. The second-order valence-electron chi connectivity index (χ2n) is 3.59. The fourth-order valence-corrected chi connectivity index (χ4v) is 2.59. The van der Waals surface area contributed by atoms with Gasteiger partial charge in [-0.05, 0) is 12.1 Å². The van der Waals surface area contributed by atoms with E-state index in [0.717, 1.165) is 6.07 Å². The Morgan fingerprint density at radius 1 is 1.00 bits per heavy atom. The molecule has 2 nitrogen and oxygen atoms in total. The van der Waals surface area contributed by atoms with Crippen LogP contribution in [0.1, 0.15) is 5.69 Å². The third-order valence-electron chi connectivity index (χ3n) is 2.34. The molecule has 2 aromatic rings. The van der Waals surface area contributed by atoms with Crippen molar-refractivity contribution in [2.45, 2.75) is 16.6 Å². The van der Waals surface area contributed by atoms with Crippen LogP contribution in [0.4, 0.5) is 26.3 Å². The summed E-state index contributed by atoms with van der Waals surface area (Å²) >= 11 is -3.75. The quantitative estimate of drug-likeness (QED) is 0.631. The molecule has 0 saturated heterocycles. The molecule has 9 heteroatoms. The molecule has 1 heterocycles. The van der Waals surface area contributed by atoms with E-state index >= 15 is 0 Å². The normalized spacial score (nSPS) is 14.9. The van der Waals surface area contributed by atoms with Gasteiger partial charge in [0.15, 0.2) is 10.6 Å². The topological polar surface area (TPSA) is 38.8 Å². The van der Waals surface area contributed by atoms with Gasteiger partial charge in [0.1, 0.15) is 11.2 Å². The monoisotopic (exact) mass is 301 g/mol. The predicted octanol–water partition coefficient (Wildman–Crippen LogP) is 3.81. The predicted molar refractivity (Wildman–Crippen MR) is 55.8 cm³/mol. The number of nitrogens with one attached hydrogen (secondary N) is 1. The molecule has 1 N–H and O–H groups in total. The maximum absolute atomic E-state index is 12.7. The first-order chi connectivity index (χ1) is 8.62. The lowest BCUT2D eigenvalue weighted by atomic mass is 10.2. The Hall–Kier alpha value is -1.35. The van der Waals surface area contributed by atoms with Crippen molar-refractivity contribution in [1.29, 1.82) is 0 Å². The summed E-state index contributed by atoms with van der Waals surface area (Å²) in [6.45, 7) is 0. The summed E-state index contributed by atoms with van der Waals surface area (Å²) in [6.07, 6.45) is -5.05. The largest absolute Gasteiger partial charge is 0.604 e. The molecule has 0 saturated carbocycles. The van der Waals surface area contributed by atoms with Crippen LogP contribution in [0, 0.1) is 0 Å². The average molecular weight is 301 g/mol. The number of halogens is 6. The lowest BCUT2D eigenvalue weighted by Crippen LogP contribution is -2.25. The van der Waals surface area contributed by atoms with Crippen molar-refractivity contribution in [3.8, 4) is 0 Å². The summed E-state index contributed by atoms with van der Waals surface area (Å²) in [7, 11) is 0. The van der Waals surface area contributed by atoms with Crippen molar-refractivity contribution in [3.63, 3.8) is 0 Å². The molecule has 1 aromatic heterocycles. The molecule has 0 bridgehead atoms. The van der Waals surface area contributed by atoms with E-state index in [1.807, 2.05) is 4.98 Å². The highest BCUT2D eigenvalue weighted by molar-refractivity contribution is 7.92. The molecule has 0 aliphatic carbocycles. The number of H-pyrrole nitrogens is 1. The van der Waals surface area contributed by atoms with Gasteiger partial charge in [-0.15, -0.1) is 13.2 Å². The summed E-state index contributed by atoms with van der Waals surface area (Å²) in [4.78, 5) is 0.557. The molecule has 0 fully saturated rings. The first kappa shape index (κ1) is 14.1. The summed E-state index contributed by atoms with van der Waals surface area (Å²) in [5.74, 6) is 0. The summed E-state index contributed by atoms with van der Waals surface area (Å²) < 4.78 is 86.7. The van der Waals surface area contributed by atoms with E-state index in [9.17, 15) is 30.9 Å². The number of hydrogen-bond acceptors (Lipinski definition) is 1. The van der Waals surface area contributed by atoms with Gasteiger partial charge in [-0.3, -0.25) is 0 Å². The van der Waals surface area contributed by atoms with Crippen molar-refractivity contribution in [1.82, 2.24) is 4.98 Å². The van der Waals surface area contributed by atoms with Gasteiger partial charge in [0.25, 0.3) is 0 Å². The summed E-state index contributed by atoms with van der Waals surface area (Å²) in [5.41, 5.74) is -7.04. The Kier molecular flexibility index (Phi) is 3.21. The van der Waals surface area contributed by atoms with Crippen LogP contribution < -0.4 is 0 Å². The Morgan fingerprint density at radius 3 is 2.11 bits per heavy atom. The number of aromatic amines is 1. The minimum Gasteiger partial charge on any atom is -0.604 e. The molecule has 0 radical (unpaired) electrons. The van der Waals surface area contributed by atoms with Gasteiger partial charge >= 0.3 is 11.7 Å². The highest BCUT2D eigenvalue weighted by atomic mass is 32.2. The Morgan fingerprint density at radius 2 is 1.58 bits per heavy atom. The second kappa shape index (κ2) is 4.34. The van der Waals surface area contributed by atoms with Crippen LogP contribution in [0.5, 0.6) is 0 Å². The fourth-order valence-electron chi connectivity index (χ4n) is 1.62. The van der Waals surface area contributed by atoms with E-state index < -0.39 is 33.4 Å². The molecule has 104 valence electrons. The molecule has 0 aliphatic heterocycles. The Balaban J connectivity index is 2.75. The van der Waals surface area contributed by atoms with E-state index in [0.29, 0.717) is 0 Å². The maximum atomic E-state index is 12.7. The van der Waals surface area contributed by atoms with Gasteiger partial charge in [0.05, 0.1) is 10.9 Å². The second-order valence-corrected chi connectivity index (χ2v) is 5.00. The number of rotatable bonds is 1. The number of fused-ring (bicyclic) bond motifs is 1. The standard InChI is InChI=1S/C10H5F6NOS/c11-9(12,13)8-7(19(18)10(14,15)16)5-3-1-2-4-6(5)17-8/h1-4,17H. The van der Waals surface area contributed by atoms with Crippen LogP contribution in [0.2, 0.25) is 0 Å². The van der Waals surface area contributed by atoms with Crippen LogP contribution in [0.3, 0.4) is 0 Å². The van der Waals surface area contributed by atoms with Crippen molar-refractivity contribution in [2.24, 2.45) is 0 Å². The van der Waals surface area contributed by atoms with E-state index in [1.54, 1.807) is 0 Å². The van der Waals surface area contributed by atoms with Crippen molar-refractivity contribution < 1.29 is 30.9 Å². The first-order valence-corrected chi connectivity index (χ1v) is 5.94. The Bertz CT molecular complexity index is 602. The lowest BCUT2D eigenvalue weighted by Gasteiger charge is -2.14. The number of aromatic nitrogens is 1. The minimum absolute atomic E-state index is 0.151. The summed E-state index contributed by atoms with van der Waals surface area (Å²) in [6, 6.07) is 4.87. The van der Waals surface area contributed by atoms with Gasteiger partial charge in [-0.2, -0.15) is 13.2 Å². The minimum atomic E-state index is -5.26. The SMILES string of the molecule is [O-][S+](c1c(C(F)(F)F)[nH]c2ccccc12)C(F)(F)F. The van der Waals surface area contributed by atoms with Crippen LogP contribution in [0.25, 0.3) is 10.9 Å². The molecule has 0 aliphatic rings. The number of para-hydroxylation sites is 1. The van der Waals surface area contributed by atoms with E-state index in [4.69, 9.17) is 0 Å². The summed E-state index contributed by atoms with van der Waals surface area (Å²) in [5, 5.41) is -0.356. The van der Waals surface area contributed by atoms with Gasteiger partial charge in [-0.25, -0.2) is 0 Å². The fraction of sp³-hybridized carbons (Fsp3) is 0.200. The van der Waals surface area contributed by atoms with E-state index in [1.165, 1.54) is 18.2 Å². The van der Waals surface area contributed by atoms with Crippen molar-refractivity contribution >= 4 is 22.1 Å². The molecule has 0 spiro atoms. The first-order valence-electron chi connectivity index (χ1n) is 4.79. The smallest absolute Gasteiger partial charge is 0.578 e. The average Bonchev–Trinajstić information content (AvgIpc) is 2.65. The number of hydrogen-bond donors (Lipinski definition) is 1. The molecule has 1 atom stereocenters. The van der Waals surface area contributed by atoms with Crippen molar-refractivity contribution in [3.05, 3.63) is 30.0 Å². The van der Waals surface area contributed by atoms with E-state index in [2.05, 4.69) is 0 Å². The molecule has 19 heavy (non-hydrogen) atoms. The molecule has 0 amide bonds. The zero-order valence-electron chi connectivity index (χ0n) is 8.89. The van der Waals surface area contributed by atoms with Crippen LogP contribution in [-0.4, -0.2) is 15.0 Å².